The third-order valence-electron chi connectivity index (χ3n) is 3.59. The highest BCUT2D eigenvalue weighted by molar-refractivity contribution is 5.99. The van der Waals surface area contributed by atoms with Gasteiger partial charge in [0, 0.05) is 31.4 Å². The predicted octanol–water partition coefficient (Wildman–Crippen LogP) is 3.65. The lowest BCUT2D eigenvalue weighted by Crippen LogP contribution is -2.23. The minimum absolute atomic E-state index is 0.268. The Morgan fingerprint density at radius 2 is 1.67 bits per heavy atom. The third kappa shape index (κ3) is 3.01. The van der Waals surface area contributed by atoms with Gasteiger partial charge in [-0.3, -0.25) is 4.79 Å². The summed E-state index contributed by atoms with van der Waals surface area (Å²) >= 11 is 0. The summed E-state index contributed by atoms with van der Waals surface area (Å²) < 4.78 is 14.3. The molecule has 0 aliphatic heterocycles. The van der Waals surface area contributed by atoms with Crippen molar-refractivity contribution in [3.8, 4) is 22.6 Å². The molecule has 1 aromatic heterocycles. The van der Waals surface area contributed by atoms with E-state index in [1.807, 2.05) is 30.3 Å². The number of amides is 1. The number of halogens is 1. The van der Waals surface area contributed by atoms with Crippen LogP contribution in [0, 0.1) is 5.82 Å². The maximum Gasteiger partial charge on any atom is 0.257 e. The zero-order chi connectivity index (χ0) is 17.1. The molecule has 0 unspecified atom stereocenters. The van der Waals surface area contributed by atoms with Crippen LogP contribution < -0.4 is 0 Å². The van der Waals surface area contributed by atoms with Crippen LogP contribution in [0.4, 0.5) is 4.39 Å². The Hall–Kier alpha value is -3.08. The molecule has 0 spiro atoms. The number of hydrogen-bond donors (Lipinski definition) is 0. The van der Waals surface area contributed by atoms with Gasteiger partial charge in [-0.1, -0.05) is 42.5 Å². The van der Waals surface area contributed by atoms with Crippen LogP contribution in [0.15, 0.2) is 60.8 Å². The van der Waals surface area contributed by atoms with Gasteiger partial charge in [0.25, 0.3) is 5.91 Å². The zero-order valence-electron chi connectivity index (χ0n) is 13.4. The summed E-state index contributed by atoms with van der Waals surface area (Å²) in [6.45, 7) is 0. The van der Waals surface area contributed by atoms with Gasteiger partial charge in [0.05, 0.1) is 11.3 Å². The third-order valence-corrected chi connectivity index (χ3v) is 3.59. The first-order chi connectivity index (χ1) is 11.6. The second-order valence-corrected chi connectivity index (χ2v) is 5.50. The summed E-state index contributed by atoms with van der Waals surface area (Å²) in [6, 6.07) is 15.7. The van der Waals surface area contributed by atoms with Gasteiger partial charge in [-0.25, -0.2) is 14.4 Å². The highest BCUT2D eigenvalue weighted by Crippen LogP contribution is 2.27. The summed E-state index contributed by atoms with van der Waals surface area (Å²) in [5.41, 5.74) is 1.65. The lowest BCUT2D eigenvalue weighted by Gasteiger charge is -2.14. The van der Waals surface area contributed by atoms with E-state index < -0.39 is 5.82 Å². The molecule has 0 aliphatic carbocycles. The molecule has 24 heavy (non-hydrogen) atoms. The SMILES string of the molecule is CN(C)C(=O)c1cnc(-c2ccccc2)nc1-c1ccccc1F. The number of aromatic nitrogens is 2. The van der Waals surface area contributed by atoms with Crippen LogP contribution >= 0.6 is 0 Å². The van der Waals surface area contributed by atoms with E-state index in [1.165, 1.54) is 17.2 Å². The first kappa shape index (κ1) is 15.8. The van der Waals surface area contributed by atoms with Crippen LogP contribution in [0.3, 0.4) is 0 Å². The van der Waals surface area contributed by atoms with Gasteiger partial charge in [0.15, 0.2) is 5.82 Å². The Balaban J connectivity index is 2.22. The lowest BCUT2D eigenvalue weighted by atomic mass is 10.0. The predicted molar refractivity (Wildman–Crippen MR) is 90.9 cm³/mol. The van der Waals surface area contributed by atoms with Crippen molar-refractivity contribution >= 4 is 5.91 Å². The van der Waals surface area contributed by atoms with Gasteiger partial charge in [-0.15, -0.1) is 0 Å². The van der Waals surface area contributed by atoms with Gasteiger partial charge in [-0.05, 0) is 12.1 Å². The molecule has 3 aromatic rings. The first-order valence-electron chi connectivity index (χ1n) is 7.47. The van der Waals surface area contributed by atoms with Crippen molar-refractivity contribution in [1.29, 1.82) is 0 Å². The Morgan fingerprint density at radius 1 is 1.00 bits per heavy atom. The monoisotopic (exact) mass is 321 g/mol. The molecule has 1 amide bonds. The fourth-order valence-electron chi connectivity index (χ4n) is 2.36. The topological polar surface area (TPSA) is 46.1 Å². The summed E-state index contributed by atoms with van der Waals surface area (Å²) in [4.78, 5) is 22.6. The number of rotatable bonds is 3. The first-order valence-corrected chi connectivity index (χ1v) is 7.47. The molecule has 0 N–H and O–H groups in total. The van der Waals surface area contributed by atoms with Crippen LogP contribution in [-0.2, 0) is 0 Å². The fraction of sp³-hybridized carbons (Fsp3) is 0.105. The molecule has 2 aromatic carbocycles. The molecule has 0 saturated carbocycles. The molecule has 3 rings (SSSR count). The number of hydrogen-bond acceptors (Lipinski definition) is 3. The Labute approximate surface area is 139 Å². The van der Waals surface area contributed by atoms with Gasteiger partial charge in [0.2, 0.25) is 0 Å². The standard InChI is InChI=1S/C19H16FN3O/c1-23(2)19(24)15-12-21-18(13-8-4-3-5-9-13)22-17(15)14-10-6-7-11-16(14)20/h3-12H,1-2H3. The van der Waals surface area contributed by atoms with Crippen LogP contribution in [0.25, 0.3) is 22.6 Å². The van der Waals surface area contributed by atoms with Crippen molar-refractivity contribution in [2.45, 2.75) is 0 Å². The minimum atomic E-state index is -0.428. The van der Waals surface area contributed by atoms with Crippen molar-refractivity contribution in [2.75, 3.05) is 14.1 Å². The largest absolute Gasteiger partial charge is 0.345 e. The average Bonchev–Trinajstić information content (AvgIpc) is 2.62. The molecular formula is C19H16FN3O. The van der Waals surface area contributed by atoms with E-state index >= 15 is 0 Å². The van der Waals surface area contributed by atoms with Crippen molar-refractivity contribution in [3.05, 3.63) is 72.2 Å². The summed E-state index contributed by atoms with van der Waals surface area (Å²) in [5.74, 6) is -0.250. The quantitative estimate of drug-likeness (QED) is 0.740. The zero-order valence-corrected chi connectivity index (χ0v) is 13.4. The maximum absolute atomic E-state index is 14.3. The van der Waals surface area contributed by atoms with Gasteiger partial charge in [0.1, 0.15) is 5.82 Å². The summed E-state index contributed by atoms with van der Waals surface area (Å²) in [5, 5.41) is 0. The number of carbonyl (C=O) groups is 1. The summed E-state index contributed by atoms with van der Waals surface area (Å²) in [7, 11) is 3.27. The molecule has 1 heterocycles. The molecule has 0 saturated heterocycles. The number of carbonyl (C=O) groups excluding carboxylic acids is 1. The minimum Gasteiger partial charge on any atom is -0.345 e. The highest BCUT2D eigenvalue weighted by atomic mass is 19.1. The van der Waals surface area contributed by atoms with E-state index in [2.05, 4.69) is 9.97 Å². The van der Waals surface area contributed by atoms with E-state index in [-0.39, 0.29) is 17.0 Å². The molecule has 5 heteroatoms. The van der Waals surface area contributed by atoms with Crippen LogP contribution in [0.2, 0.25) is 0 Å². The fourth-order valence-corrected chi connectivity index (χ4v) is 2.36. The molecule has 0 aliphatic rings. The number of benzene rings is 2. The Bertz CT molecular complexity index is 879. The second kappa shape index (κ2) is 6.58. The maximum atomic E-state index is 14.3. The van der Waals surface area contributed by atoms with Gasteiger partial charge < -0.3 is 4.90 Å². The Kier molecular flexibility index (Phi) is 4.33. The van der Waals surface area contributed by atoms with E-state index in [0.717, 1.165) is 5.56 Å². The van der Waals surface area contributed by atoms with Crippen molar-refractivity contribution in [2.24, 2.45) is 0 Å². The van der Waals surface area contributed by atoms with E-state index in [4.69, 9.17) is 0 Å². The molecule has 0 fully saturated rings. The summed E-state index contributed by atoms with van der Waals surface area (Å²) in [6.07, 6.45) is 1.46. The molecule has 0 atom stereocenters. The number of nitrogens with zero attached hydrogens (tertiary/aromatic N) is 3. The molecule has 0 radical (unpaired) electrons. The molecule has 0 bridgehead atoms. The normalized spacial score (nSPS) is 10.5. The van der Waals surface area contributed by atoms with Crippen LogP contribution in [-0.4, -0.2) is 34.9 Å². The smallest absolute Gasteiger partial charge is 0.257 e. The highest BCUT2D eigenvalue weighted by Gasteiger charge is 2.20. The Morgan fingerprint density at radius 3 is 2.33 bits per heavy atom. The van der Waals surface area contributed by atoms with Crippen molar-refractivity contribution in [3.63, 3.8) is 0 Å². The second-order valence-electron chi connectivity index (χ2n) is 5.50. The molecule has 120 valence electrons. The van der Waals surface area contributed by atoms with Gasteiger partial charge in [-0.2, -0.15) is 0 Å². The van der Waals surface area contributed by atoms with Gasteiger partial charge >= 0.3 is 0 Å². The molecule has 4 nitrogen and oxygen atoms in total. The average molecular weight is 321 g/mol. The lowest BCUT2D eigenvalue weighted by molar-refractivity contribution is 0.0827. The van der Waals surface area contributed by atoms with E-state index in [0.29, 0.717) is 11.5 Å². The van der Waals surface area contributed by atoms with E-state index in [9.17, 15) is 9.18 Å². The molecular weight excluding hydrogens is 305 g/mol. The van der Waals surface area contributed by atoms with Crippen LogP contribution in [0.1, 0.15) is 10.4 Å². The van der Waals surface area contributed by atoms with Crippen molar-refractivity contribution < 1.29 is 9.18 Å². The van der Waals surface area contributed by atoms with Crippen LogP contribution in [0.5, 0.6) is 0 Å². The van der Waals surface area contributed by atoms with Crippen molar-refractivity contribution in [1.82, 2.24) is 14.9 Å². The van der Waals surface area contributed by atoms with E-state index in [1.54, 1.807) is 32.3 Å².